The second kappa shape index (κ2) is 8.29. The highest BCUT2D eigenvalue weighted by Crippen LogP contribution is 2.34. The van der Waals surface area contributed by atoms with Crippen molar-refractivity contribution in [1.29, 1.82) is 0 Å². The molecule has 0 radical (unpaired) electrons. The number of carbonyl (C=O) groups is 1. The Morgan fingerprint density at radius 2 is 1.76 bits per heavy atom. The summed E-state index contributed by atoms with van der Waals surface area (Å²) < 4.78 is 37.9. The van der Waals surface area contributed by atoms with Crippen LogP contribution in [0.2, 0.25) is 0 Å². The minimum Gasteiger partial charge on any atom is -0.454 e. The van der Waals surface area contributed by atoms with Crippen LogP contribution in [0.1, 0.15) is 25.3 Å². The van der Waals surface area contributed by atoms with Gasteiger partial charge in [0, 0.05) is 13.1 Å². The van der Waals surface area contributed by atoms with Crippen LogP contribution in [-0.2, 0) is 14.8 Å². The molecule has 33 heavy (non-hydrogen) atoms. The molecule has 1 N–H and O–H groups in total. The molecule has 2 aromatic carbocycles. The molecule has 0 spiro atoms. The summed E-state index contributed by atoms with van der Waals surface area (Å²) in [7, 11) is -3.66. The summed E-state index contributed by atoms with van der Waals surface area (Å²) in [5.74, 6) is 0.990. The van der Waals surface area contributed by atoms with Crippen molar-refractivity contribution in [3.05, 3.63) is 53.6 Å². The van der Waals surface area contributed by atoms with E-state index in [0.717, 1.165) is 5.56 Å². The Balaban J connectivity index is 1.35. The quantitative estimate of drug-likeness (QED) is 0.689. The van der Waals surface area contributed by atoms with E-state index in [0.29, 0.717) is 41.3 Å². The van der Waals surface area contributed by atoms with Gasteiger partial charge in [-0.05, 0) is 67.8 Å². The first kappa shape index (κ1) is 21.6. The van der Waals surface area contributed by atoms with E-state index in [-0.39, 0.29) is 30.7 Å². The van der Waals surface area contributed by atoms with Gasteiger partial charge in [-0.15, -0.1) is 0 Å². The summed E-state index contributed by atoms with van der Waals surface area (Å²) in [5, 5.41) is 15.3. The zero-order valence-electron chi connectivity index (χ0n) is 18.0. The van der Waals surface area contributed by atoms with Crippen molar-refractivity contribution in [3.63, 3.8) is 0 Å². The Hall–Kier alpha value is -3.21. The lowest BCUT2D eigenvalue weighted by atomic mass is 10.1. The highest BCUT2D eigenvalue weighted by atomic mass is 32.2. The molecule has 3 aliphatic rings. The molecule has 0 aromatic heterocycles. The Morgan fingerprint density at radius 3 is 2.48 bits per heavy atom. The molecule has 0 bridgehead atoms. The van der Waals surface area contributed by atoms with Crippen molar-refractivity contribution in [3.8, 4) is 11.5 Å². The van der Waals surface area contributed by atoms with Crippen molar-refractivity contribution in [2.24, 2.45) is 5.10 Å². The standard InChI is InChI=1S/C23H23N3O6S/c1-15-20(12-16-2-7-21-22(13-16)32-14-31-21)23(28)26(24-15)17-3-5-19(6-4-17)33(29,30)25-10-8-18(27)9-11-25/h2-7,12-13,18,27H,8-11,14H2,1H3/b20-12-. The molecule has 0 aliphatic carbocycles. The molecule has 3 heterocycles. The lowest BCUT2D eigenvalue weighted by molar-refractivity contribution is -0.114. The van der Waals surface area contributed by atoms with Crippen LogP contribution < -0.4 is 14.5 Å². The van der Waals surface area contributed by atoms with Gasteiger partial charge in [-0.1, -0.05) is 6.07 Å². The van der Waals surface area contributed by atoms with E-state index < -0.39 is 16.1 Å². The molecule has 3 aliphatic heterocycles. The van der Waals surface area contributed by atoms with Gasteiger partial charge in [-0.25, -0.2) is 8.42 Å². The predicted molar refractivity (Wildman–Crippen MR) is 122 cm³/mol. The zero-order chi connectivity index (χ0) is 23.2. The number of hydrazone groups is 1. The maximum atomic E-state index is 13.1. The van der Waals surface area contributed by atoms with Crippen LogP contribution in [0, 0.1) is 0 Å². The number of aliphatic hydroxyl groups is 1. The number of carbonyl (C=O) groups excluding carboxylic acids is 1. The molecule has 9 nitrogen and oxygen atoms in total. The van der Waals surface area contributed by atoms with E-state index in [9.17, 15) is 18.3 Å². The third-order valence-electron chi connectivity index (χ3n) is 5.91. The highest BCUT2D eigenvalue weighted by molar-refractivity contribution is 7.89. The molecule has 0 atom stereocenters. The second-order valence-corrected chi connectivity index (χ2v) is 10.0. The zero-order valence-corrected chi connectivity index (χ0v) is 18.8. The van der Waals surface area contributed by atoms with E-state index in [1.807, 2.05) is 6.07 Å². The number of ether oxygens (including phenoxy) is 2. The number of sulfonamides is 1. The number of hydrogen-bond acceptors (Lipinski definition) is 7. The predicted octanol–water partition coefficient (Wildman–Crippen LogP) is 2.37. The molecule has 1 saturated heterocycles. The molecular weight excluding hydrogens is 446 g/mol. The fourth-order valence-electron chi connectivity index (χ4n) is 4.02. The van der Waals surface area contributed by atoms with Gasteiger partial charge in [-0.2, -0.15) is 14.4 Å². The average Bonchev–Trinajstić information content (AvgIpc) is 3.39. The first-order chi connectivity index (χ1) is 15.8. The van der Waals surface area contributed by atoms with Gasteiger partial charge in [0.25, 0.3) is 5.91 Å². The summed E-state index contributed by atoms with van der Waals surface area (Å²) in [6.07, 6.45) is 2.13. The number of aliphatic hydroxyl groups excluding tert-OH is 1. The topological polar surface area (TPSA) is 109 Å². The maximum absolute atomic E-state index is 13.1. The Morgan fingerprint density at radius 1 is 1.06 bits per heavy atom. The summed E-state index contributed by atoms with van der Waals surface area (Å²) >= 11 is 0. The van der Waals surface area contributed by atoms with E-state index in [1.54, 1.807) is 37.3 Å². The third kappa shape index (κ3) is 4.01. The largest absolute Gasteiger partial charge is 0.454 e. The smallest absolute Gasteiger partial charge is 0.280 e. The van der Waals surface area contributed by atoms with Crippen molar-refractivity contribution < 1.29 is 27.8 Å². The van der Waals surface area contributed by atoms with Crippen molar-refractivity contribution in [2.45, 2.75) is 30.8 Å². The number of fused-ring (bicyclic) bond motifs is 1. The van der Waals surface area contributed by atoms with Gasteiger partial charge in [-0.3, -0.25) is 4.79 Å². The number of anilines is 1. The Labute approximate surface area is 191 Å². The number of piperidine rings is 1. The summed E-state index contributed by atoms with van der Waals surface area (Å²) in [4.78, 5) is 13.2. The highest BCUT2D eigenvalue weighted by Gasteiger charge is 2.31. The van der Waals surface area contributed by atoms with Crippen molar-refractivity contribution in [1.82, 2.24) is 4.31 Å². The van der Waals surface area contributed by atoms with Crippen LogP contribution in [0.3, 0.4) is 0 Å². The van der Waals surface area contributed by atoms with Gasteiger partial charge in [0.2, 0.25) is 16.8 Å². The fraction of sp³-hybridized carbons (Fsp3) is 0.304. The lowest BCUT2D eigenvalue weighted by Crippen LogP contribution is -2.39. The van der Waals surface area contributed by atoms with E-state index in [4.69, 9.17) is 9.47 Å². The molecule has 5 rings (SSSR count). The third-order valence-corrected chi connectivity index (χ3v) is 7.83. The van der Waals surface area contributed by atoms with E-state index in [1.165, 1.54) is 21.4 Å². The summed E-state index contributed by atoms with van der Waals surface area (Å²) in [6.45, 7) is 2.50. The minimum atomic E-state index is -3.66. The number of amides is 1. The average molecular weight is 470 g/mol. The van der Waals surface area contributed by atoms with Crippen molar-refractivity contribution in [2.75, 3.05) is 24.9 Å². The van der Waals surface area contributed by atoms with Crippen molar-refractivity contribution >= 4 is 33.4 Å². The van der Waals surface area contributed by atoms with Crippen LogP contribution in [0.4, 0.5) is 5.69 Å². The van der Waals surface area contributed by atoms with Gasteiger partial charge in [0.1, 0.15) is 0 Å². The molecule has 10 heteroatoms. The fourth-order valence-corrected chi connectivity index (χ4v) is 5.49. The van der Waals surface area contributed by atoms with Gasteiger partial charge < -0.3 is 14.6 Å². The summed E-state index contributed by atoms with van der Waals surface area (Å²) in [6, 6.07) is 11.5. The first-order valence-corrected chi connectivity index (χ1v) is 12.1. The van der Waals surface area contributed by atoms with E-state index >= 15 is 0 Å². The molecule has 0 saturated carbocycles. The lowest BCUT2D eigenvalue weighted by Gasteiger charge is -2.28. The molecule has 0 unspecified atom stereocenters. The van der Waals surface area contributed by atoms with Gasteiger partial charge >= 0.3 is 0 Å². The van der Waals surface area contributed by atoms with Crippen LogP contribution in [-0.4, -0.2) is 55.4 Å². The number of nitrogens with zero attached hydrogens (tertiary/aromatic N) is 3. The normalized spacial score (nSPS) is 20.5. The first-order valence-electron chi connectivity index (χ1n) is 10.6. The summed E-state index contributed by atoms with van der Waals surface area (Å²) in [5.41, 5.74) is 2.26. The number of benzene rings is 2. The van der Waals surface area contributed by atoms with E-state index in [2.05, 4.69) is 5.10 Å². The van der Waals surface area contributed by atoms with Gasteiger partial charge in [0.05, 0.1) is 28.0 Å². The molecular formula is C23H23N3O6S. The van der Waals surface area contributed by atoms with Gasteiger partial charge in [0.15, 0.2) is 11.5 Å². The van der Waals surface area contributed by atoms with Crippen LogP contribution in [0.15, 0.2) is 58.0 Å². The molecule has 172 valence electrons. The Bertz CT molecular complexity index is 1260. The number of hydrogen-bond donors (Lipinski definition) is 1. The van der Waals surface area contributed by atoms with Crippen LogP contribution in [0.5, 0.6) is 11.5 Å². The Kier molecular flexibility index (Phi) is 5.43. The maximum Gasteiger partial charge on any atom is 0.280 e. The van der Waals surface area contributed by atoms with Crippen LogP contribution >= 0.6 is 0 Å². The minimum absolute atomic E-state index is 0.145. The molecule has 2 aromatic rings. The second-order valence-electron chi connectivity index (χ2n) is 8.10. The van der Waals surface area contributed by atoms with Crippen LogP contribution in [0.25, 0.3) is 6.08 Å². The number of rotatable bonds is 4. The SMILES string of the molecule is CC1=NN(c2ccc(S(=O)(=O)N3CCC(O)CC3)cc2)C(=O)/C1=C\c1ccc2c(c1)OCO2. The monoisotopic (exact) mass is 469 g/mol. The molecule has 1 fully saturated rings. The molecule has 1 amide bonds.